The molecule has 0 saturated carbocycles. The number of ether oxygens (including phenoxy) is 1. The first-order chi connectivity index (χ1) is 14.8. The first-order valence-corrected chi connectivity index (χ1v) is 10.1. The van der Waals surface area contributed by atoms with Crippen molar-refractivity contribution in [1.29, 1.82) is 0 Å². The fourth-order valence-electron chi connectivity index (χ4n) is 3.82. The molecule has 30 heavy (non-hydrogen) atoms. The van der Waals surface area contributed by atoms with E-state index in [1.54, 1.807) is 0 Å². The summed E-state index contributed by atoms with van der Waals surface area (Å²) < 4.78 is 5.91. The van der Waals surface area contributed by atoms with Crippen molar-refractivity contribution >= 4 is 22.6 Å². The van der Waals surface area contributed by atoms with Crippen molar-refractivity contribution in [3.05, 3.63) is 84.7 Å². The lowest BCUT2D eigenvalue weighted by atomic mass is 10.2. The third-order valence-electron chi connectivity index (χ3n) is 5.40. The maximum absolute atomic E-state index is 13.0. The van der Waals surface area contributed by atoms with E-state index in [1.165, 1.54) is 0 Å². The van der Waals surface area contributed by atoms with Gasteiger partial charge in [0.25, 0.3) is 11.7 Å². The average molecular weight is 399 g/mol. The number of para-hydroxylation sites is 1. The molecule has 0 atom stereocenters. The number of hydrogen-bond donors (Lipinski definition) is 1. The highest BCUT2D eigenvalue weighted by molar-refractivity contribution is 5.98. The summed E-state index contributed by atoms with van der Waals surface area (Å²) in [4.78, 5) is 23.7. The lowest BCUT2D eigenvalue weighted by Gasteiger charge is -2.30. The Kier molecular flexibility index (Phi) is 4.81. The molecule has 0 radical (unpaired) electrons. The van der Waals surface area contributed by atoms with E-state index in [-0.39, 0.29) is 5.91 Å². The third-order valence-corrected chi connectivity index (χ3v) is 5.40. The van der Waals surface area contributed by atoms with Gasteiger partial charge < -0.3 is 14.6 Å². The average Bonchev–Trinajstić information content (AvgIpc) is 3.23. The van der Waals surface area contributed by atoms with Gasteiger partial charge in [-0.25, -0.2) is 4.98 Å². The number of aromatic nitrogens is 2. The Bertz CT molecular complexity index is 1150. The number of carbonyl (C=O) groups is 1. The summed E-state index contributed by atoms with van der Waals surface area (Å²) in [6.07, 6.45) is 1.92. The molecule has 2 aromatic carbocycles. The van der Waals surface area contributed by atoms with Gasteiger partial charge in [0.15, 0.2) is 0 Å². The molecule has 4 aromatic rings. The van der Waals surface area contributed by atoms with Gasteiger partial charge in [-0.15, -0.1) is 0 Å². The van der Waals surface area contributed by atoms with Crippen LogP contribution in [-0.4, -0.2) is 42.0 Å². The van der Waals surface area contributed by atoms with Crippen molar-refractivity contribution in [3.63, 3.8) is 0 Å². The van der Waals surface area contributed by atoms with E-state index in [4.69, 9.17) is 4.74 Å². The van der Waals surface area contributed by atoms with E-state index >= 15 is 0 Å². The quantitative estimate of drug-likeness (QED) is 0.569. The molecule has 1 aliphatic heterocycles. The third kappa shape index (κ3) is 3.72. The van der Waals surface area contributed by atoms with Crippen LogP contribution in [0.4, 0.5) is 5.82 Å². The fourth-order valence-corrected chi connectivity index (χ4v) is 3.82. The van der Waals surface area contributed by atoms with Crippen molar-refractivity contribution in [3.8, 4) is 11.5 Å². The van der Waals surface area contributed by atoms with Crippen LogP contribution in [0.5, 0.6) is 11.5 Å². The molecule has 1 aliphatic rings. The van der Waals surface area contributed by atoms with Gasteiger partial charge in [0.05, 0.1) is 19.3 Å². The van der Waals surface area contributed by atoms with E-state index in [0.29, 0.717) is 18.8 Å². The van der Waals surface area contributed by atoms with Crippen molar-refractivity contribution in [1.82, 2.24) is 9.88 Å². The zero-order valence-corrected chi connectivity index (χ0v) is 16.5. The fraction of sp³-hybridized carbons (Fsp3) is 0.167. The Balaban J connectivity index is 1.28. The van der Waals surface area contributed by atoms with Gasteiger partial charge in [-0.2, -0.15) is 0 Å². The summed E-state index contributed by atoms with van der Waals surface area (Å²) in [5.41, 5.74) is 1.54. The van der Waals surface area contributed by atoms with Crippen LogP contribution in [0, 0.1) is 0 Å². The second kappa shape index (κ2) is 7.91. The van der Waals surface area contributed by atoms with Gasteiger partial charge in [-0.1, -0.05) is 24.3 Å². The SMILES string of the molecule is O=C(c1cc2cc(Oc3ccccc3)ccc2[nH]1)N1CCN(c2cccc[nH+]2)CC1. The lowest BCUT2D eigenvalue weighted by Crippen LogP contribution is -2.50. The second-order valence-electron chi connectivity index (χ2n) is 7.37. The molecule has 0 unspecified atom stereocenters. The number of nitrogens with one attached hydrogen (secondary N) is 2. The molecular weight excluding hydrogens is 376 g/mol. The summed E-state index contributed by atoms with van der Waals surface area (Å²) in [5.74, 6) is 2.66. The monoisotopic (exact) mass is 399 g/mol. The smallest absolute Gasteiger partial charge is 0.274 e. The number of benzene rings is 2. The van der Waals surface area contributed by atoms with Gasteiger partial charge in [-0.05, 0) is 42.5 Å². The van der Waals surface area contributed by atoms with Crippen LogP contribution in [-0.2, 0) is 0 Å². The standard InChI is InChI=1S/C24H22N4O2/c29-24(28-14-12-27(13-15-28)23-8-4-5-11-25-23)22-17-18-16-20(9-10-21(18)26-22)30-19-6-2-1-3-7-19/h1-11,16-17,26H,12-15H2/p+1. The van der Waals surface area contributed by atoms with Crippen molar-refractivity contribution in [2.24, 2.45) is 0 Å². The summed E-state index contributed by atoms with van der Waals surface area (Å²) in [5, 5.41) is 0.962. The molecule has 1 amide bonds. The largest absolute Gasteiger partial charge is 0.457 e. The minimum atomic E-state index is 0.0356. The zero-order chi connectivity index (χ0) is 20.3. The number of aromatic amines is 2. The Morgan fingerprint density at radius 3 is 2.43 bits per heavy atom. The van der Waals surface area contributed by atoms with Crippen LogP contribution in [0.15, 0.2) is 79.0 Å². The van der Waals surface area contributed by atoms with Gasteiger partial charge in [0.2, 0.25) is 0 Å². The molecule has 6 heteroatoms. The first-order valence-electron chi connectivity index (χ1n) is 10.1. The number of amides is 1. The first kappa shape index (κ1) is 18.2. The second-order valence-corrected chi connectivity index (χ2v) is 7.37. The molecule has 2 aromatic heterocycles. The predicted octanol–water partition coefficient (Wildman–Crippen LogP) is 3.74. The van der Waals surface area contributed by atoms with Gasteiger partial charge >= 0.3 is 0 Å². The molecule has 5 rings (SSSR count). The molecule has 1 fully saturated rings. The molecule has 150 valence electrons. The Labute approximate surface area is 174 Å². The minimum absolute atomic E-state index is 0.0356. The number of nitrogens with zero attached hydrogens (tertiary/aromatic N) is 2. The van der Waals surface area contributed by atoms with E-state index in [0.717, 1.165) is 41.3 Å². The van der Waals surface area contributed by atoms with Crippen LogP contribution < -0.4 is 14.6 Å². The summed E-state index contributed by atoms with van der Waals surface area (Å²) in [7, 11) is 0. The van der Waals surface area contributed by atoms with Crippen molar-refractivity contribution in [2.75, 3.05) is 31.1 Å². The minimum Gasteiger partial charge on any atom is -0.457 e. The predicted molar refractivity (Wildman–Crippen MR) is 116 cm³/mol. The van der Waals surface area contributed by atoms with E-state index in [1.807, 2.05) is 77.8 Å². The normalized spacial score (nSPS) is 14.1. The number of rotatable bonds is 4. The Hall–Kier alpha value is -3.80. The number of piperazine rings is 1. The molecule has 2 N–H and O–H groups in total. The van der Waals surface area contributed by atoms with Crippen LogP contribution in [0.3, 0.4) is 0 Å². The van der Waals surface area contributed by atoms with E-state index in [9.17, 15) is 4.79 Å². The molecule has 0 spiro atoms. The Morgan fingerprint density at radius 1 is 0.867 bits per heavy atom. The summed E-state index contributed by atoms with van der Waals surface area (Å²) >= 11 is 0. The highest BCUT2D eigenvalue weighted by Crippen LogP contribution is 2.26. The number of fused-ring (bicyclic) bond motifs is 1. The van der Waals surface area contributed by atoms with Crippen LogP contribution in [0.1, 0.15) is 10.5 Å². The molecule has 3 heterocycles. The molecule has 0 bridgehead atoms. The maximum Gasteiger partial charge on any atom is 0.274 e. The lowest BCUT2D eigenvalue weighted by molar-refractivity contribution is -0.364. The Morgan fingerprint density at radius 2 is 1.67 bits per heavy atom. The van der Waals surface area contributed by atoms with Crippen LogP contribution in [0.25, 0.3) is 10.9 Å². The number of anilines is 1. The van der Waals surface area contributed by atoms with Crippen LogP contribution >= 0.6 is 0 Å². The van der Waals surface area contributed by atoms with Crippen molar-refractivity contribution < 1.29 is 14.5 Å². The van der Waals surface area contributed by atoms with E-state index in [2.05, 4.69) is 20.9 Å². The highest BCUT2D eigenvalue weighted by Gasteiger charge is 2.27. The van der Waals surface area contributed by atoms with E-state index < -0.39 is 0 Å². The summed E-state index contributed by atoms with van der Waals surface area (Å²) in [6, 6.07) is 23.5. The molecule has 1 saturated heterocycles. The van der Waals surface area contributed by atoms with Crippen molar-refractivity contribution in [2.45, 2.75) is 0 Å². The van der Waals surface area contributed by atoms with Gasteiger partial charge in [0, 0.05) is 17.0 Å². The number of pyridine rings is 1. The highest BCUT2D eigenvalue weighted by atomic mass is 16.5. The summed E-state index contributed by atoms with van der Waals surface area (Å²) in [6.45, 7) is 3.00. The number of H-pyrrole nitrogens is 2. The van der Waals surface area contributed by atoms with Gasteiger partial charge in [-0.3, -0.25) is 9.69 Å². The topological polar surface area (TPSA) is 62.7 Å². The molecular formula is C24H23N4O2+. The van der Waals surface area contributed by atoms with Gasteiger partial charge in [0.1, 0.15) is 30.3 Å². The van der Waals surface area contributed by atoms with Crippen LogP contribution in [0.2, 0.25) is 0 Å². The maximum atomic E-state index is 13.0. The number of carbonyl (C=O) groups excluding carboxylic acids is 1. The number of hydrogen-bond acceptors (Lipinski definition) is 3. The zero-order valence-electron chi connectivity index (χ0n) is 16.5. The molecule has 0 aliphatic carbocycles. The molecule has 6 nitrogen and oxygen atoms in total.